The molecule has 0 unspecified atom stereocenters. The molecule has 2 saturated carbocycles. The summed E-state index contributed by atoms with van der Waals surface area (Å²) in [6.07, 6.45) is 13.8. The summed E-state index contributed by atoms with van der Waals surface area (Å²) in [7, 11) is 0. The van der Waals surface area contributed by atoms with Gasteiger partial charge in [-0.05, 0) is 50.0 Å². The standard InChI is InChI=1S/C20H31NO2/c1-3-8-18(15-21)23-19(22)20(13-6-5-7-14-20)17-11-9-16(4-2)10-12-17/h8,16-17H,3-7,9-14H2,1-2H3. The van der Waals surface area contributed by atoms with Gasteiger partial charge in [0.05, 0.1) is 5.41 Å². The Morgan fingerprint density at radius 2 is 1.83 bits per heavy atom. The average molecular weight is 317 g/mol. The number of carbonyl (C=O) groups is 1. The van der Waals surface area contributed by atoms with E-state index in [-0.39, 0.29) is 17.1 Å². The quantitative estimate of drug-likeness (QED) is 0.381. The molecule has 23 heavy (non-hydrogen) atoms. The van der Waals surface area contributed by atoms with Gasteiger partial charge in [0, 0.05) is 0 Å². The Labute approximate surface area is 141 Å². The molecule has 2 aliphatic rings. The van der Waals surface area contributed by atoms with E-state index in [0.29, 0.717) is 12.3 Å². The van der Waals surface area contributed by atoms with E-state index < -0.39 is 0 Å². The molecule has 2 rings (SSSR count). The van der Waals surface area contributed by atoms with Gasteiger partial charge in [-0.15, -0.1) is 0 Å². The summed E-state index contributed by atoms with van der Waals surface area (Å²) in [6.45, 7) is 4.22. The Balaban J connectivity index is 2.14. The molecule has 0 bridgehead atoms. The minimum absolute atomic E-state index is 0.126. The van der Waals surface area contributed by atoms with Gasteiger partial charge in [0.15, 0.2) is 0 Å². The Kier molecular flexibility index (Phi) is 6.69. The third-order valence-electron chi connectivity index (χ3n) is 6.06. The minimum Gasteiger partial charge on any atom is -0.415 e. The number of esters is 1. The number of hydrogen-bond donors (Lipinski definition) is 0. The maximum Gasteiger partial charge on any atom is 0.318 e. The van der Waals surface area contributed by atoms with Crippen molar-refractivity contribution >= 4 is 5.97 Å². The number of nitriles is 1. The highest BCUT2D eigenvalue weighted by Gasteiger charge is 2.48. The van der Waals surface area contributed by atoms with E-state index in [1.165, 1.54) is 25.7 Å². The van der Waals surface area contributed by atoms with E-state index in [0.717, 1.165) is 44.4 Å². The van der Waals surface area contributed by atoms with Gasteiger partial charge >= 0.3 is 5.97 Å². The van der Waals surface area contributed by atoms with Crippen LogP contribution in [0.5, 0.6) is 0 Å². The molecule has 128 valence electrons. The van der Waals surface area contributed by atoms with E-state index in [9.17, 15) is 4.79 Å². The molecule has 3 nitrogen and oxygen atoms in total. The summed E-state index contributed by atoms with van der Waals surface area (Å²) in [5.74, 6) is 1.33. The molecule has 0 N–H and O–H groups in total. The summed E-state index contributed by atoms with van der Waals surface area (Å²) in [4.78, 5) is 13.0. The lowest BCUT2D eigenvalue weighted by Crippen LogP contribution is -2.43. The fraction of sp³-hybridized carbons (Fsp3) is 0.800. The van der Waals surface area contributed by atoms with Gasteiger partial charge in [-0.2, -0.15) is 5.26 Å². The maximum atomic E-state index is 13.0. The summed E-state index contributed by atoms with van der Waals surface area (Å²) in [5, 5.41) is 9.17. The van der Waals surface area contributed by atoms with E-state index in [1.54, 1.807) is 6.08 Å². The first kappa shape index (κ1) is 18.0. The number of rotatable bonds is 5. The van der Waals surface area contributed by atoms with Crippen LogP contribution in [0.15, 0.2) is 11.8 Å². The smallest absolute Gasteiger partial charge is 0.318 e. The predicted octanol–water partition coefficient (Wildman–Crippen LogP) is 5.51. The average Bonchev–Trinajstić information content (AvgIpc) is 2.61. The van der Waals surface area contributed by atoms with Crippen LogP contribution in [0, 0.1) is 28.6 Å². The highest BCUT2D eigenvalue weighted by Crippen LogP contribution is 2.50. The van der Waals surface area contributed by atoms with Crippen molar-refractivity contribution in [1.82, 2.24) is 0 Å². The van der Waals surface area contributed by atoms with Crippen LogP contribution in [0.1, 0.15) is 84.5 Å². The molecule has 2 fully saturated rings. The Hall–Kier alpha value is -1.30. The second-order valence-electron chi connectivity index (χ2n) is 7.32. The normalized spacial score (nSPS) is 28.0. The molecule has 0 atom stereocenters. The van der Waals surface area contributed by atoms with Crippen molar-refractivity contribution in [2.75, 3.05) is 0 Å². The second kappa shape index (κ2) is 8.52. The first-order chi connectivity index (χ1) is 11.2. The number of carbonyl (C=O) groups excluding carboxylic acids is 1. The van der Waals surface area contributed by atoms with Gasteiger partial charge < -0.3 is 4.74 Å². The molecule has 0 amide bonds. The predicted molar refractivity (Wildman–Crippen MR) is 91.3 cm³/mol. The monoisotopic (exact) mass is 317 g/mol. The van der Waals surface area contributed by atoms with Crippen LogP contribution in [0.4, 0.5) is 0 Å². The first-order valence-electron chi connectivity index (χ1n) is 9.48. The van der Waals surface area contributed by atoms with E-state index in [4.69, 9.17) is 10.00 Å². The molecule has 0 aromatic rings. The molecule has 2 aliphatic carbocycles. The fourth-order valence-corrected chi connectivity index (χ4v) is 4.58. The van der Waals surface area contributed by atoms with Crippen molar-refractivity contribution in [2.45, 2.75) is 84.5 Å². The topological polar surface area (TPSA) is 50.1 Å². The van der Waals surface area contributed by atoms with Gasteiger partial charge in [-0.3, -0.25) is 4.79 Å². The first-order valence-corrected chi connectivity index (χ1v) is 9.48. The zero-order valence-corrected chi connectivity index (χ0v) is 14.8. The molecule has 0 spiro atoms. The lowest BCUT2D eigenvalue weighted by atomic mass is 9.60. The second-order valence-corrected chi connectivity index (χ2v) is 7.32. The van der Waals surface area contributed by atoms with Crippen LogP contribution >= 0.6 is 0 Å². The molecule has 0 aliphatic heterocycles. The minimum atomic E-state index is -0.333. The summed E-state index contributed by atoms with van der Waals surface area (Å²) < 4.78 is 5.55. The van der Waals surface area contributed by atoms with Crippen LogP contribution < -0.4 is 0 Å². The fourth-order valence-electron chi connectivity index (χ4n) is 4.58. The third kappa shape index (κ3) is 4.16. The number of allylic oxidation sites excluding steroid dienone is 2. The van der Waals surface area contributed by atoms with Crippen molar-refractivity contribution in [3.05, 3.63) is 11.8 Å². The van der Waals surface area contributed by atoms with Crippen molar-refractivity contribution in [2.24, 2.45) is 17.3 Å². The maximum absolute atomic E-state index is 13.0. The molecular formula is C20H31NO2. The highest BCUT2D eigenvalue weighted by molar-refractivity contribution is 5.78. The van der Waals surface area contributed by atoms with Crippen molar-refractivity contribution in [3.63, 3.8) is 0 Å². The molecule has 0 heterocycles. The third-order valence-corrected chi connectivity index (χ3v) is 6.06. The van der Waals surface area contributed by atoms with Gasteiger partial charge in [-0.25, -0.2) is 0 Å². The van der Waals surface area contributed by atoms with Crippen LogP contribution in [0.2, 0.25) is 0 Å². The highest BCUT2D eigenvalue weighted by atomic mass is 16.5. The van der Waals surface area contributed by atoms with Crippen LogP contribution in [-0.2, 0) is 9.53 Å². The van der Waals surface area contributed by atoms with Crippen LogP contribution in [0.3, 0.4) is 0 Å². The molecule has 0 aromatic carbocycles. The van der Waals surface area contributed by atoms with Crippen molar-refractivity contribution < 1.29 is 9.53 Å². The molecular weight excluding hydrogens is 286 g/mol. The zero-order chi connectivity index (χ0) is 16.7. The van der Waals surface area contributed by atoms with Crippen molar-refractivity contribution in [3.8, 4) is 6.07 Å². The van der Waals surface area contributed by atoms with Gasteiger partial charge in [-0.1, -0.05) is 52.4 Å². The molecule has 0 aromatic heterocycles. The van der Waals surface area contributed by atoms with Crippen LogP contribution in [0.25, 0.3) is 0 Å². The molecule has 0 saturated heterocycles. The summed E-state index contributed by atoms with van der Waals surface area (Å²) in [5.41, 5.74) is -0.333. The number of ether oxygens (including phenoxy) is 1. The SMILES string of the molecule is CCC=C(C#N)OC(=O)C1(C2CCC(CC)CC2)CCCCC1. The lowest BCUT2D eigenvalue weighted by molar-refractivity contribution is -0.159. The van der Waals surface area contributed by atoms with E-state index in [2.05, 4.69) is 6.92 Å². The largest absolute Gasteiger partial charge is 0.415 e. The van der Waals surface area contributed by atoms with E-state index >= 15 is 0 Å². The van der Waals surface area contributed by atoms with Crippen LogP contribution in [-0.4, -0.2) is 5.97 Å². The Morgan fingerprint density at radius 3 is 2.35 bits per heavy atom. The molecule has 3 heteroatoms. The van der Waals surface area contributed by atoms with Crippen molar-refractivity contribution in [1.29, 1.82) is 5.26 Å². The Bertz CT molecular complexity index is 461. The Morgan fingerprint density at radius 1 is 1.17 bits per heavy atom. The molecule has 0 radical (unpaired) electrons. The zero-order valence-electron chi connectivity index (χ0n) is 14.8. The van der Waals surface area contributed by atoms with Gasteiger partial charge in [0.25, 0.3) is 0 Å². The lowest BCUT2D eigenvalue weighted by Gasteiger charge is -2.44. The van der Waals surface area contributed by atoms with E-state index in [1.807, 2.05) is 13.0 Å². The summed E-state index contributed by atoms with van der Waals surface area (Å²) in [6, 6.07) is 2.03. The van der Waals surface area contributed by atoms with Gasteiger partial charge in [0.2, 0.25) is 5.76 Å². The number of nitrogens with zero attached hydrogens (tertiary/aromatic N) is 1. The number of hydrogen-bond acceptors (Lipinski definition) is 3. The van der Waals surface area contributed by atoms with Gasteiger partial charge in [0.1, 0.15) is 6.07 Å². The summed E-state index contributed by atoms with van der Waals surface area (Å²) >= 11 is 0.